The van der Waals surface area contributed by atoms with Gasteiger partial charge in [-0.1, -0.05) is 28.1 Å². The van der Waals surface area contributed by atoms with Gasteiger partial charge in [-0.15, -0.1) is 11.6 Å². The quantitative estimate of drug-likeness (QED) is 0.822. The largest absolute Gasteiger partial charge is 0.350 e. The highest BCUT2D eigenvalue weighted by atomic mass is 79.9. The van der Waals surface area contributed by atoms with E-state index in [-0.39, 0.29) is 11.4 Å². The van der Waals surface area contributed by atoms with Gasteiger partial charge >= 0.3 is 0 Å². The highest BCUT2D eigenvalue weighted by Gasteiger charge is 2.23. The van der Waals surface area contributed by atoms with Crippen LogP contribution in [0.3, 0.4) is 0 Å². The molecular formula is C13H17BrClNO. The van der Waals surface area contributed by atoms with Crippen molar-refractivity contribution in [3.8, 4) is 0 Å². The van der Waals surface area contributed by atoms with E-state index >= 15 is 0 Å². The SMILES string of the molecule is Cc1ccc(C(Cl)C(=O)NC(C)(C)C)c(Br)c1. The van der Waals surface area contributed by atoms with E-state index in [2.05, 4.69) is 21.2 Å². The molecule has 2 nitrogen and oxygen atoms in total. The Bertz CT molecular complexity index is 426. The third kappa shape index (κ3) is 4.32. The maximum atomic E-state index is 11.9. The van der Waals surface area contributed by atoms with Crippen LogP contribution in [0, 0.1) is 6.92 Å². The molecule has 1 unspecified atom stereocenters. The lowest BCUT2D eigenvalue weighted by molar-refractivity contribution is -0.122. The summed E-state index contributed by atoms with van der Waals surface area (Å²) >= 11 is 9.61. The van der Waals surface area contributed by atoms with Crippen molar-refractivity contribution in [2.45, 2.75) is 38.6 Å². The average Bonchev–Trinajstić information content (AvgIpc) is 2.14. The molecule has 1 N–H and O–H groups in total. The molecule has 0 saturated heterocycles. The first kappa shape index (κ1) is 14.5. The predicted molar refractivity (Wildman–Crippen MR) is 75.4 cm³/mol. The number of halogens is 2. The first-order valence-electron chi connectivity index (χ1n) is 5.43. The number of alkyl halides is 1. The Morgan fingerprint density at radius 2 is 2.00 bits per heavy atom. The molecule has 1 rings (SSSR count). The Balaban J connectivity index is 2.89. The lowest BCUT2D eigenvalue weighted by Crippen LogP contribution is -2.42. The number of amides is 1. The summed E-state index contributed by atoms with van der Waals surface area (Å²) in [5.41, 5.74) is 1.64. The first-order chi connectivity index (χ1) is 7.70. The molecule has 0 bridgehead atoms. The van der Waals surface area contributed by atoms with Crippen LogP contribution >= 0.6 is 27.5 Å². The summed E-state index contributed by atoms with van der Waals surface area (Å²) in [6, 6.07) is 5.77. The fraction of sp³-hybridized carbons (Fsp3) is 0.462. The second kappa shape index (κ2) is 5.40. The molecule has 0 fully saturated rings. The molecule has 1 amide bonds. The maximum absolute atomic E-state index is 11.9. The second-order valence-corrected chi connectivity index (χ2v) is 6.42. The van der Waals surface area contributed by atoms with Crippen molar-refractivity contribution < 1.29 is 4.79 Å². The average molecular weight is 319 g/mol. The molecule has 1 aromatic rings. The smallest absolute Gasteiger partial charge is 0.243 e. The van der Waals surface area contributed by atoms with E-state index < -0.39 is 5.38 Å². The molecule has 17 heavy (non-hydrogen) atoms. The molecule has 0 aliphatic carbocycles. The van der Waals surface area contributed by atoms with E-state index in [1.807, 2.05) is 45.9 Å². The molecular weight excluding hydrogens is 302 g/mol. The second-order valence-electron chi connectivity index (χ2n) is 5.13. The van der Waals surface area contributed by atoms with Crippen molar-refractivity contribution in [3.05, 3.63) is 33.8 Å². The number of carbonyl (C=O) groups is 1. The normalized spacial score (nSPS) is 13.3. The van der Waals surface area contributed by atoms with Crippen molar-refractivity contribution >= 4 is 33.4 Å². The number of rotatable bonds is 2. The van der Waals surface area contributed by atoms with Crippen LogP contribution in [-0.4, -0.2) is 11.4 Å². The lowest BCUT2D eigenvalue weighted by Gasteiger charge is -2.23. The van der Waals surface area contributed by atoms with Crippen LogP contribution in [0.4, 0.5) is 0 Å². The van der Waals surface area contributed by atoms with Gasteiger partial charge in [0.1, 0.15) is 5.38 Å². The summed E-state index contributed by atoms with van der Waals surface area (Å²) in [7, 11) is 0. The minimum Gasteiger partial charge on any atom is -0.350 e. The van der Waals surface area contributed by atoms with E-state index in [0.29, 0.717) is 0 Å². The van der Waals surface area contributed by atoms with E-state index in [1.165, 1.54) is 0 Å². The molecule has 0 radical (unpaired) electrons. The molecule has 1 atom stereocenters. The molecule has 94 valence electrons. The minimum absolute atomic E-state index is 0.177. The van der Waals surface area contributed by atoms with E-state index in [1.54, 1.807) is 0 Å². The van der Waals surface area contributed by atoms with Gasteiger partial charge in [-0.25, -0.2) is 0 Å². The van der Waals surface area contributed by atoms with Gasteiger partial charge in [-0.05, 0) is 44.9 Å². The summed E-state index contributed by atoms with van der Waals surface area (Å²) < 4.78 is 0.863. The third-order valence-electron chi connectivity index (χ3n) is 2.16. The summed E-state index contributed by atoms with van der Waals surface area (Å²) in [5, 5.41) is 2.19. The van der Waals surface area contributed by atoms with Gasteiger partial charge in [0.05, 0.1) is 0 Å². The van der Waals surface area contributed by atoms with Crippen LogP contribution in [0.5, 0.6) is 0 Å². The Hall–Kier alpha value is -0.540. The fourth-order valence-corrected chi connectivity index (χ4v) is 2.51. The Kier molecular flexibility index (Phi) is 4.62. The highest BCUT2D eigenvalue weighted by Crippen LogP contribution is 2.29. The number of benzene rings is 1. The van der Waals surface area contributed by atoms with E-state index in [4.69, 9.17) is 11.6 Å². The topological polar surface area (TPSA) is 29.1 Å². The Morgan fingerprint density at radius 1 is 1.41 bits per heavy atom. The lowest BCUT2D eigenvalue weighted by atomic mass is 10.1. The molecule has 0 aliphatic rings. The zero-order valence-electron chi connectivity index (χ0n) is 10.5. The van der Waals surface area contributed by atoms with Gasteiger partial charge in [0.2, 0.25) is 5.91 Å². The van der Waals surface area contributed by atoms with E-state index in [9.17, 15) is 4.79 Å². The molecule has 1 aromatic carbocycles. The molecule has 0 aromatic heterocycles. The van der Waals surface area contributed by atoms with Gasteiger partial charge in [0, 0.05) is 10.0 Å². The maximum Gasteiger partial charge on any atom is 0.243 e. The Labute approximate surface area is 116 Å². The van der Waals surface area contributed by atoms with Crippen molar-refractivity contribution in [2.24, 2.45) is 0 Å². The van der Waals surface area contributed by atoms with Gasteiger partial charge in [-0.2, -0.15) is 0 Å². The monoisotopic (exact) mass is 317 g/mol. The van der Waals surface area contributed by atoms with E-state index in [0.717, 1.165) is 15.6 Å². The van der Waals surface area contributed by atoms with Crippen LogP contribution in [-0.2, 0) is 4.79 Å². The highest BCUT2D eigenvalue weighted by molar-refractivity contribution is 9.10. The van der Waals surface area contributed by atoms with Crippen LogP contribution in [0.15, 0.2) is 22.7 Å². The van der Waals surface area contributed by atoms with Crippen molar-refractivity contribution in [2.75, 3.05) is 0 Å². The van der Waals surface area contributed by atoms with Crippen LogP contribution in [0.2, 0.25) is 0 Å². The minimum atomic E-state index is -0.677. The van der Waals surface area contributed by atoms with Gasteiger partial charge in [0.25, 0.3) is 0 Å². The summed E-state index contributed by atoms with van der Waals surface area (Å²) in [5.74, 6) is -0.177. The number of hydrogen-bond acceptors (Lipinski definition) is 1. The molecule has 0 aliphatic heterocycles. The van der Waals surface area contributed by atoms with Crippen molar-refractivity contribution in [1.29, 1.82) is 0 Å². The summed E-state index contributed by atoms with van der Waals surface area (Å²) in [6.07, 6.45) is 0. The number of aryl methyl sites for hydroxylation is 1. The van der Waals surface area contributed by atoms with Crippen molar-refractivity contribution in [1.82, 2.24) is 5.32 Å². The van der Waals surface area contributed by atoms with Crippen molar-refractivity contribution in [3.63, 3.8) is 0 Å². The van der Waals surface area contributed by atoms with Gasteiger partial charge in [0.15, 0.2) is 0 Å². The molecule has 0 saturated carbocycles. The van der Waals surface area contributed by atoms with Crippen LogP contribution in [0.25, 0.3) is 0 Å². The van der Waals surface area contributed by atoms with Gasteiger partial charge in [-0.3, -0.25) is 4.79 Å². The summed E-state index contributed by atoms with van der Waals surface area (Å²) in [4.78, 5) is 11.9. The first-order valence-corrected chi connectivity index (χ1v) is 6.66. The molecule has 4 heteroatoms. The van der Waals surface area contributed by atoms with Crippen LogP contribution < -0.4 is 5.32 Å². The fourth-order valence-electron chi connectivity index (χ4n) is 1.41. The summed E-state index contributed by atoms with van der Waals surface area (Å²) in [6.45, 7) is 7.78. The molecule has 0 spiro atoms. The Morgan fingerprint density at radius 3 is 2.47 bits per heavy atom. The third-order valence-corrected chi connectivity index (χ3v) is 3.28. The zero-order valence-corrected chi connectivity index (χ0v) is 12.8. The number of carbonyl (C=O) groups excluding carboxylic acids is 1. The van der Waals surface area contributed by atoms with Gasteiger partial charge < -0.3 is 5.32 Å². The molecule has 0 heterocycles. The number of hydrogen-bond donors (Lipinski definition) is 1. The standard InChI is InChI=1S/C13H17BrClNO/c1-8-5-6-9(10(14)7-8)11(15)12(17)16-13(2,3)4/h5-7,11H,1-4H3,(H,16,17). The van der Waals surface area contributed by atoms with Crippen LogP contribution in [0.1, 0.15) is 37.3 Å². The zero-order chi connectivity index (χ0) is 13.2. The predicted octanol–water partition coefficient (Wildman–Crippen LogP) is 3.95. The number of nitrogens with one attached hydrogen (secondary N) is 1.